The molecule has 0 aromatic carbocycles. The molecule has 76 valence electrons. The van der Waals surface area contributed by atoms with Crippen LogP contribution in [0.25, 0.3) is 0 Å². The fraction of sp³-hybridized carbons (Fsp3) is 0.583. The lowest BCUT2D eigenvalue weighted by atomic mass is 10.2. The van der Waals surface area contributed by atoms with Gasteiger partial charge in [0.15, 0.2) is 0 Å². The van der Waals surface area contributed by atoms with Crippen LogP contribution in [-0.4, -0.2) is 23.4 Å². The molecule has 0 N–H and O–H groups in total. The maximum Gasteiger partial charge on any atom is 0.250 e. The van der Waals surface area contributed by atoms with E-state index in [9.17, 15) is 4.79 Å². The highest BCUT2D eigenvalue weighted by atomic mass is 16.2. The minimum Gasteiger partial charge on any atom is -0.332 e. The number of rotatable bonds is 3. The summed E-state index contributed by atoms with van der Waals surface area (Å²) >= 11 is 0. The van der Waals surface area contributed by atoms with Gasteiger partial charge in [-0.1, -0.05) is 12.7 Å². The zero-order valence-electron chi connectivity index (χ0n) is 8.92. The zero-order chi connectivity index (χ0) is 10.3. The van der Waals surface area contributed by atoms with E-state index in [0.717, 1.165) is 23.6 Å². The van der Waals surface area contributed by atoms with Crippen LogP contribution in [0.3, 0.4) is 0 Å². The highest BCUT2D eigenvalue weighted by Crippen LogP contribution is 2.37. The smallest absolute Gasteiger partial charge is 0.250 e. The molecule has 1 heterocycles. The van der Waals surface area contributed by atoms with Gasteiger partial charge in [-0.3, -0.25) is 4.79 Å². The van der Waals surface area contributed by atoms with Crippen LogP contribution in [0.5, 0.6) is 0 Å². The van der Waals surface area contributed by atoms with E-state index >= 15 is 0 Å². The average molecular weight is 191 g/mol. The number of carbonyl (C=O) groups excluding carboxylic acids is 1. The van der Waals surface area contributed by atoms with Gasteiger partial charge in [0.05, 0.1) is 0 Å². The van der Waals surface area contributed by atoms with Crippen LogP contribution in [0.4, 0.5) is 0 Å². The second-order valence-electron chi connectivity index (χ2n) is 4.37. The summed E-state index contributed by atoms with van der Waals surface area (Å²) < 4.78 is 0. The molecule has 1 amide bonds. The average Bonchev–Trinajstić information content (AvgIpc) is 2.97. The van der Waals surface area contributed by atoms with E-state index < -0.39 is 0 Å². The topological polar surface area (TPSA) is 20.3 Å². The van der Waals surface area contributed by atoms with Crippen molar-refractivity contribution < 1.29 is 4.79 Å². The SMILES string of the molecule is C=CC1=C(C)C(=O)N([C@@H](C)C2CC2)C1. The van der Waals surface area contributed by atoms with Crippen LogP contribution in [0.1, 0.15) is 26.7 Å². The molecule has 14 heavy (non-hydrogen) atoms. The molecule has 1 aliphatic heterocycles. The van der Waals surface area contributed by atoms with Crippen molar-refractivity contribution in [3.8, 4) is 0 Å². The van der Waals surface area contributed by atoms with Gasteiger partial charge in [0, 0.05) is 18.2 Å². The van der Waals surface area contributed by atoms with Crippen LogP contribution in [-0.2, 0) is 4.79 Å². The third kappa shape index (κ3) is 1.39. The monoisotopic (exact) mass is 191 g/mol. The van der Waals surface area contributed by atoms with Gasteiger partial charge in [0.1, 0.15) is 0 Å². The molecule has 0 spiro atoms. The zero-order valence-corrected chi connectivity index (χ0v) is 8.92. The molecule has 1 saturated carbocycles. The van der Waals surface area contributed by atoms with Crippen molar-refractivity contribution in [2.45, 2.75) is 32.7 Å². The van der Waals surface area contributed by atoms with Crippen LogP contribution in [0.15, 0.2) is 23.8 Å². The molecule has 2 rings (SSSR count). The molecule has 1 atom stereocenters. The fourth-order valence-corrected chi connectivity index (χ4v) is 2.11. The van der Waals surface area contributed by atoms with E-state index in [4.69, 9.17) is 0 Å². The van der Waals surface area contributed by atoms with Gasteiger partial charge in [-0.2, -0.15) is 0 Å². The van der Waals surface area contributed by atoms with Gasteiger partial charge in [-0.15, -0.1) is 0 Å². The molecular weight excluding hydrogens is 174 g/mol. The Morgan fingerprint density at radius 2 is 2.21 bits per heavy atom. The van der Waals surface area contributed by atoms with Gasteiger partial charge < -0.3 is 4.90 Å². The van der Waals surface area contributed by atoms with Gasteiger partial charge >= 0.3 is 0 Å². The third-order valence-electron chi connectivity index (χ3n) is 3.45. The Hall–Kier alpha value is -1.05. The van der Waals surface area contributed by atoms with Gasteiger partial charge in [0.25, 0.3) is 0 Å². The number of hydrogen-bond donors (Lipinski definition) is 0. The summed E-state index contributed by atoms with van der Waals surface area (Å²) in [5.74, 6) is 0.954. The second-order valence-corrected chi connectivity index (χ2v) is 4.37. The molecule has 1 fully saturated rings. The summed E-state index contributed by atoms with van der Waals surface area (Å²) in [6.45, 7) is 8.58. The normalized spacial score (nSPS) is 24.4. The number of amides is 1. The Kier molecular flexibility index (Phi) is 2.22. The van der Waals surface area contributed by atoms with Gasteiger partial charge in [-0.05, 0) is 38.2 Å². The summed E-state index contributed by atoms with van der Waals surface area (Å²) in [5, 5.41) is 0. The molecule has 0 aromatic heterocycles. The quantitative estimate of drug-likeness (QED) is 0.669. The van der Waals surface area contributed by atoms with Crippen molar-refractivity contribution in [3.05, 3.63) is 23.8 Å². The Morgan fingerprint density at radius 1 is 1.57 bits per heavy atom. The largest absolute Gasteiger partial charge is 0.332 e. The standard InChI is InChI=1S/C12H17NO/c1-4-10-7-13(12(14)8(10)2)9(3)11-5-6-11/h4,9,11H,1,5-7H2,2-3H3/t9-/m0/s1. The second kappa shape index (κ2) is 3.26. The Balaban J connectivity index is 2.12. The molecule has 0 bridgehead atoms. The van der Waals surface area contributed by atoms with Crippen LogP contribution >= 0.6 is 0 Å². The predicted molar refractivity (Wildman–Crippen MR) is 56.8 cm³/mol. The maximum absolute atomic E-state index is 11.9. The minimum absolute atomic E-state index is 0.208. The maximum atomic E-state index is 11.9. The van der Waals surface area contributed by atoms with Crippen LogP contribution in [0, 0.1) is 5.92 Å². The van der Waals surface area contributed by atoms with E-state index in [1.165, 1.54) is 12.8 Å². The Labute approximate surface area is 85.3 Å². The highest BCUT2D eigenvalue weighted by Gasteiger charge is 2.37. The molecule has 0 aromatic rings. The number of nitrogens with zero attached hydrogens (tertiary/aromatic N) is 1. The first-order chi connectivity index (χ1) is 6.65. The fourth-order valence-electron chi connectivity index (χ4n) is 2.11. The van der Waals surface area contributed by atoms with Gasteiger partial charge in [0.2, 0.25) is 5.91 Å². The lowest BCUT2D eigenvalue weighted by Gasteiger charge is -2.24. The summed E-state index contributed by atoms with van der Waals surface area (Å²) in [5.41, 5.74) is 1.98. The third-order valence-corrected chi connectivity index (χ3v) is 3.45. The lowest BCUT2D eigenvalue weighted by molar-refractivity contribution is -0.127. The molecule has 0 unspecified atom stereocenters. The predicted octanol–water partition coefficient (Wildman–Crippen LogP) is 2.13. The Morgan fingerprint density at radius 3 is 2.64 bits per heavy atom. The van der Waals surface area contributed by atoms with Crippen LogP contribution in [0.2, 0.25) is 0 Å². The Bertz CT molecular complexity index is 312. The van der Waals surface area contributed by atoms with E-state index in [1.54, 1.807) is 0 Å². The summed E-state index contributed by atoms with van der Waals surface area (Å²) in [6.07, 6.45) is 4.38. The summed E-state index contributed by atoms with van der Waals surface area (Å²) in [4.78, 5) is 13.9. The molecule has 0 saturated heterocycles. The van der Waals surface area contributed by atoms with Crippen molar-refractivity contribution in [2.75, 3.05) is 6.54 Å². The van der Waals surface area contributed by atoms with E-state index in [2.05, 4.69) is 13.5 Å². The number of hydrogen-bond acceptors (Lipinski definition) is 1. The van der Waals surface area contributed by atoms with Crippen molar-refractivity contribution in [2.24, 2.45) is 5.92 Å². The van der Waals surface area contributed by atoms with E-state index in [-0.39, 0.29) is 5.91 Å². The molecule has 1 aliphatic carbocycles. The lowest BCUT2D eigenvalue weighted by Crippen LogP contribution is -2.37. The first-order valence-electron chi connectivity index (χ1n) is 5.28. The first-order valence-corrected chi connectivity index (χ1v) is 5.28. The van der Waals surface area contributed by atoms with Gasteiger partial charge in [-0.25, -0.2) is 0 Å². The van der Waals surface area contributed by atoms with Crippen molar-refractivity contribution in [1.29, 1.82) is 0 Å². The van der Waals surface area contributed by atoms with E-state index in [0.29, 0.717) is 6.04 Å². The van der Waals surface area contributed by atoms with Crippen molar-refractivity contribution in [1.82, 2.24) is 4.90 Å². The molecule has 2 aliphatic rings. The minimum atomic E-state index is 0.208. The summed E-state index contributed by atoms with van der Waals surface area (Å²) in [7, 11) is 0. The van der Waals surface area contributed by atoms with Crippen molar-refractivity contribution >= 4 is 5.91 Å². The van der Waals surface area contributed by atoms with E-state index in [1.807, 2.05) is 17.9 Å². The van der Waals surface area contributed by atoms with Crippen molar-refractivity contribution in [3.63, 3.8) is 0 Å². The number of carbonyl (C=O) groups is 1. The molecule has 0 radical (unpaired) electrons. The first kappa shape index (κ1) is 9.50. The summed E-state index contributed by atoms with van der Waals surface area (Å²) in [6, 6.07) is 0.412. The highest BCUT2D eigenvalue weighted by molar-refractivity contribution is 5.97. The molecule has 2 heteroatoms. The van der Waals surface area contributed by atoms with Crippen LogP contribution < -0.4 is 0 Å². The molecular formula is C12H17NO. The molecule has 2 nitrogen and oxygen atoms in total.